The van der Waals surface area contributed by atoms with Gasteiger partial charge in [-0.2, -0.15) is 0 Å². The Morgan fingerprint density at radius 2 is 2.10 bits per heavy atom. The van der Waals surface area contributed by atoms with E-state index in [4.69, 9.17) is 5.11 Å². The van der Waals surface area contributed by atoms with Crippen LogP contribution in [-0.4, -0.2) is 53.0 Å². The number of H-pyrrole nitrogens is 1. The normalized spacial score (nSPS) is 15.4. The molecule has 0 saturated carbocycles. The van der Waals surface area contributed by atoms with Gasteiger partial charge in [-0.3, -0.25) is 4.79 Å². The first-order chi connectivity index (χ1) is 9.58. The third kappa shape index (κ3) is 3.60. The zero-order valence-electron chi connectivity index (χ0n) is 11.7. The number of carboxylic acid groups (broad SMARTS) is 1. The van der Waals surface area contributed by atoms with Crippen molar-refractivity contribution in [1.29, 1.82) is 0 Å². The first-order valence-electron chi connectivity index (χ1n) is 6.97. The molecule has 1 fully saturated rings. The Morgan fingerprint density at radius 3 is 2.75 bits per heavy atom. The van der Waals surface area contributed by atoms with Gasteiger partial charge < -0.3 is 20.3 Å². The fourth-order valence-electron chi connectivity index (χ4n) is 2.60. The predicted octanol–water partition coefficient (Wildman–Crippen LogP) is 0.776. The monoisotopic (exact) mass is 279 g/mol. The van der Waals surface area contributed by atoms with Crippen LogP contribution in [0.4, 0.5) is 0 Å². The molecule has 1 aliphatic heterocycles. The molecule has 6 nitrogen and oxygen atoms in total. The van der Waals surface area contributed by atoms with Crippen molar-refractivity contribution < 1.29 is 14.7 Å². The van der Waals surface area contributed by atoms with Crippen LogP contribution >= 0.6 is 0 Å². The van der Waals surface area contributed by atoms with Crippen molar-refractivity contribution in [1.82, 2.24) is 15.2 Å². The number of aromatic amines is 1. The van der Waals surface area contributed by atoms with E-state index in [1.54, 1.807) is 13.1 Å². The number of likely N-dealkylation sites (tertiary alicyclic amines) is 1. The van der Waals surface area contributed by atoms with E-state index in [1.165, 1.54) is 12.8 Å². The number of aromatic carboxylic acids is 1. The van der Waals surface area contributed by atoms with E-state index < -0.39 is 5.97 Å². The molecule has 1 aromatic rings. The number of carbonyl (C=O) groups excluding carboxylic acids is 1. The Hall–Kier alpha value is -1.82. The molecule has 0 spiro atoms. The van der Waals surface area contributed by atoms with Gasteiger partial charge >= 0.3 is 5.97 Å². The second-order valence-electron chi connectivity index (χ2n) is 5.21. The lowest BCUT2D eigenvalue weighted by Gasteiger charge is -2.14. The Morgan fingerprint density at radius 1 is 1.40 bits per heavy atom. The van der Waals surface area contributed by atoms with Crippen LogP contribution in [0.15, 0.2) is 6.20 Å². The highest BCUT2D eigenvalue weighted by Gasteiger charge is 2.17. The van der Waals surface area contributed by atoms with Crippen molar-refractivity contribution in [3.63, 3.8) is 0 Å². The molecule has 2 heterocycles. The second-order valence-corrected chi connectivity index (χ2v) is 5.21. The topological polar surface area (TPSA) is 85.4 Å². The summed E-state index contributed by atoms with van der Waals surface area (Å²) in [5, 5.41) is 11.9. The highest BCUT2D eigenvalue weighted by Crippen LogP contribution is 2.13. The SMILES string of the molecule is Cc1c[nH]c(CC(=O)NCCN2CCCC2)c1C(=O)O. The van der Waals surface area contributed by atoms with Crippen LogP contribution in [0.3, 0.4) is 0 Å². The van der Waals surface area contributed by atoms with Crippen molar-refractivity contribution in [2.75, 3.05) is 26.2 Å². The first kappa shape index (κ1) is 14.6. The lowest BCUT2D eigenvalue weighted by Crippen LogP contribution is -2.34. The molecule has 0 unspecified atom stereocenters. The molecule has 6 heteroatoms. The van der Waals surface area contributed by atoms with Gasteiger partial charge in [-0.15, -0.1) is 0 Å². The average Bonchev–Trinajstić information content (AvgIpc) is 2.99. The van der Waals surface area contributed by atoms with Crippen LogP contribution < -0.4 is 5.32 Å². The maximum absolute atomic E-state index is 11.8. The minimum absolute atomic E-state index is 0.0788. The molecule has 1 aromatic heterocycles. The van der Waals surface area contributed by atoms with Gasteiger partial charge in [-0.05, 0) is 38.4 Å². The number of carboxylic acids is 1. The molecule has 0 radical (unpaired) electrons. The fourth-order valence-corrected chi connectivity index (χ4v) is 2.60. The maximum Gasteiger partial charge on any atom is 0.337 e. The molecular weight excluding hydrogens is 258 g/mol. The Kier molecular flexibility index (Phi) is 4.79. The lowest BCUT2D eigenvalue weighted by atomic mass is 10.1. The molecule has 2 rings (SSSR count). The Labute approximate surface area is 118 Å². The fraction of sp³-hybridized carbons (Fsp3) is 0.571. The zero-order chi connectivity index (χ0) is 14.5. The number of nitrogens with one attached hydrogen (secondary N) is 2. The number of hydrogen-bond donors (Lipinski definition) is 3. The van der Waals surface area contributed by atoms with Crippen LogP contribution in [0.25, 0.3) is 0 Å². The van der Waals surface area contributed by atoms with E-state index >= 15 is 0 Å². The number of carbonyl (C=O) groups is 2. The van der Waals surface area contributed by atoms with Crippen molar-refractivity contribution in [2.24, 2.45) is 0 Å². The standard InChI is InChI=1S/C14H21N3O3/c1-10-9-16-11(13(10)14(19)20)8-12(18)15-4-7-17-5-2-3-6-17/h9,16H,2-8H2,1H3,(H,15,18)(H,19,20). The van der Waals surface area contributed by atoms with Crippen molar-refractivity contribution in [3.05, 3.63) is 23.0 Å². The van der Waals surface area contributed by atoms with Gasteiger partial charge in [0.15, 0.2) is 0 Å². The number of nitrogens with zero attached hydrogens (tertiary/aromatic N) is 1. The first-order valence-corrected chi connectivity index (χ1v) is 6.97. The van der Waals surface area contributed by atoms with Gasteiger partial charge in [0.05, 0.1) is 12.0 Å². The lowest BCUT2D eigenvalue weighted by molar-refractivity contribution is -0.120. The van der Waals surface area contributed by atoms with E-state index in [0.29, 0.717) is 17.8 Å². The second kappa shape index (κ2) is 6.56. The molecular formula is C14H21N3O3. The van der Waals surface area contributed by atoms with E-state index in [9.17, 15) is 9.59 Å². The van der Waals surface area contributed by atoms with E-state index in [2.05, 4.69) is 15.2 Å². The van der Waals surface area contributed by atoms with Crippen LogP contribution in [0.2, 0.25) is 0 Å². The number of rotatable bonds is 6. The molecule has 0 bridgehead atoms. The predicted molar refractivity (Wildman–Crippen MR) is 74.9 cm³/mol. The summed E-state index contributed by atoms with van der Waals surface area (Å²) < 4.78 is 0. The minimum atomic E-state index is -0.997. The van der Waals surface area contributed by atoms with Gasteiger partial charge in [0, 0.05) is 25.0 Å². The van der Waals surface area contributed by atoms with Gasteiger partial charge in [0.2, 0.25) is 5.91 Å². The third-order valence-corrected chi connectivity index (χ3v) is 3.66. The molecule has 3 N–H and O–H groups in total. The summed E-state index contributed by atoms with van der Waals surface area (Å²) >= 11 is 0. The number of amides is 1. The Bertz CT molecular complexity index is 490. The molecule has 1 aliphatic rings. The number of hydrogen-bond acceptors (Lipinski definition) is 3. The average molecular weight is 279 g/mol. The van der Waals surface area contributed by atoms with Crippen LogP contribution in [0, 0.1) is 6.92 Å². The molecule has 0 atom stereocenters. The zero-order valence-corrected chi connectivity index (χ0v) is 11.7. The van der Waals surface area contributed by atoms with Gasteiger partial charge in [0.1, 0.15) is 0 Å². The smallest absolute Gasteiger partial charge is 0.337 e. The quantitative estimate of drug-likeness (QED) is 0.718. The van der Waals surface area contributed by atoms with Crippen LogP contribution in [-0.2, 0) is 11.2 Å². The highest BCUT2D eigenvalue weighted by molar-refractivity contribution is 5.92. The van der Waals surface area contributed by atoms with Gasteiger partial charge in [-0.1, -0.05) is 0 Å². The summed E-state index contributed by atoms with van der Waals surface area (Å²) in [6.07, 6.45) is 4.17. The number of aromatic nitrogens is 1. The van der Waals surface area contributed by atoms with Gasteiger partial charge in [0.25, 0.3) is 0 Å². The molecule has 20 heavy (non-hydrogen) atoms. The van der Waals surface area contributed by atoms with E-state index in [-0.39, 0.29) is 17.9 Å². The van der Waals surface area contributed by atoms with Crippen LogP contribution in [0.1, 0.15) is 34.5 Å². The van der Waals surface area contributed by atoms with E-state index in [1.807, 2.05) is 0 Å². The minimum Gasteiger partial charge on any atom is -0.478 e. The van der Waals surface area contributed by atoms with Crippen molar-refractivity contribution >= 4 is 11.9 Å². The van der Waals surface area contributed by atoms with Crippen molar-refractivity contribution in [2.45, 2.75) is 26.2 Å². The van der Waals surface area contributed by atoms with E-state index in [0.717, 1.165) is 19.6 Å². The van der Waals surface area contributed by atoms with Crippen LogP contribution in [0.5, 0.6) is 0 Å². The summed E-state index contributed by atoms with van der Waals surface area (Å²) in [5.41, 5.74) is 1.32. The Balaban J connectivity index is 1.80. The molecule has 1 saturated heterocycles. The number of aryl methyl sites for hydroxylation is 1. The summed E-state index contributed by atoms with van der Waals surface area (Å²) in [5.74, 6) is -1.14. The highest BCUT2D eigenvalue weighted by atomic mass is 16.4. The molecule has 1 amide bonds. The third-order valence-electron chi connectivity index (χ3n) is 3.66. The van der Waals surface area contributed by atoms with Gasteiger partial charge in [-0.25, -0.2) is 4.79 Å². The molecule has 110 valence electrons. The largest absolute Gasteiger partial charge is 0.478 e. The molecule has 0 aromatic carbocycles. The maximum atomic E-state index is 11.8. The summed E-state index contributed by atoms with van der Waals surface area (Å²) in [6, 6.07) is 0. The molecule has 0 aliphatic carbocycles. The summed E-state index contributed by atoms with van der Waals surface area (Å²) in [6.45, 7) is 5.40. The summed E-state index contributed by atoms with van der Waals surface area (Å²) in [7, 11) is 0. The van der Waals surface area contributed by atoms with Crippen molar-refractivity contribution in [3.8, 4) is 0 Å². The summed E-state index contributed by atoms with van der Waals surface area (Å²) in [4.78, 5) is 28.1.